The number of pyridine rings is 1. The van der Waals surface area contributed by atoms with E-state index in [2.05, 4.69) is 63.0 Å². The average molecular weight is 286 g/mol. The molecule has 114 valence electrons. The van der Waals surface area contributed by atoms with Crippen LogP contribution in [0.2, 0.25) is 0 Å². The summed E-state index contributed by atoms with van der Waals surface area (Å²) in [5.41, 5.74) is 6.89. The van der Waals surface area contributed by atoms with Gasteiger partial charge in [-0.1, -0.05) is 0 Å². The van der Waals surface area contributed by atoms with Crippen LogP contribution in [0.5, 0.6) is 0 Å². The molecule has 0 aliphatic carbocycles. The molecule has 1 N–H and O–H groups in total. The number of aromatic nitrogens is 3. The zero-order valence-corrected chi connectivity index (χ0v) is 14.2. The Morgan fingerprint density at radius 3 is 2.33 bits per heavy atom. The molecule has 0 atom stereocenters. The smallest absolute Gasteiger partial charge is 0.0727 e. The Labute approximate surface area is 127 Å². The first-order chi connectivity index (χ1) is 9.69. The summed E-state index contributed by atoms with van der Waals surface area (Å²) in [5.74, 6) is 0. The van der Waals surface area contributed by atoms with Gasteiger partial charge in [-0.25, -0.2) is 4.68 Å². The van der Waals surface area contributed by atoms with Crippen LogP contribution in [-0.2, 0) is 6.54 Å². The van der Waals surface area contributed by atoms with Gasteiger partial charge in [0.15, 0.2) is 0 Å². The Kier molecular flexibility index (Phi) is 4.19. The van der Waals surface area contributed by atoms with Crippen molar-refractivity contribution < 1.29 is 0 Å². The zero-order valence-electron chi connectivity index (χ0n) is 14.2. The Morgan fingerprint density at radius 1 is 1.14 bits per heavy atom. The highest BCUT2D eigenvalue weighted by Gasteiger charge is 2.15. The molecule has 4 heteroatoms. The molecule has 0 unspecified atom stereocenters. The van der Waals surface area contributed by atoms with Gasteiger partial charge >= 0.3 is 0 Å². The second-order valence-electron chi connectivity index (χ2n) is 6.77. The average Bonchev–Trinajstić information content (AvgIpc) is 2.64. The lowest BCUT2D eigenvalue weighted by molar-refractivity contribution is 0.423. The van der Waals surface area contributed by atoms with Crippen molar-refractivity contribution in [3.8, 4) is 5.69 Å². The van der Waals surface area contributed by atoms with E-state index in [1.807, 2.05) is 17.8 Å². The van der Waals surface area contributed by atoms with Crippen molar-refractivity contribution in [2.24, 2.45) is 0 Å². The Balaban J connectivity index is 2.46. The number of rotatable bonds is 3. The van der Waals surface area contributed by atoms with Crippen molar-refractivity contribution in [3.63, 3.8) is 0 Å². The maximum Gasteiger partial charge on any atom is 0.0727 e. The molecule has 2 aromatic heterocycles. The second-order valence-corrected chi connectivity index (χ2v) is 6.77. The van der Waals surface area contributed by atoms with E-state index >= 15 is 0 Å². The van der Waals surface area contributed by atoms with Gasteiger partial charge in [-0.05, 0) is 60.1 Å². The first-order valence-electron chi connectivity index (χ1n) is 7.43. The highest BCUT2D eigenvalue weighted by atomic mass is 15.3. The predicted octanol–water partition coefficient (Wildman–Crippen LogP) is 3.39. The third kappa shape index (κ3) is 3.50. The van der Waals surface area contributed by atoms with E-state index in [1.165, 1.54) is 16.8 Å². The highest BCUT2D eigenvalue weighted by molar-refractivity contribution is 5.43. The second kappa shape index (κ2) is 5.60. The van der Waals surface area contributed by atoms with E-state index in [-0.39, 0.29) is 5.54 Å². The predicted molar refractivity (Wildman–Crippen MR) is 86.9 cm³/mol. The van der Waals surface area contributed by atoms with Gasteiger partial charge in [0, 0.05) is 35.2 Å². The summed E-state index contributed by atoms with van der Waals surface area (Å²) < 4.78 is 2.04. The number of hydrogen-bond donors (Lipinski definition) is 1. The zero-order chi connectivity index (χ0) is 15.8. The molecule has 0 saturated heterocycles. The molecule has 2 aromatic rings. The van der Waals surface area contributed by atoms with Crippen molar-refractivity contribution in [2.45, 2.75) is 60.5 Å². The number of aryl methyl sites for hydroxylation is 2. The summed E-state index contributed by atoms with van der Waals surface area (Å²) in [6.45, 7) is 15.6. The topological polar surface area (TPSA) is 42.7 Å². The van der Waals surface area contributed by atoms with E-state index < -0.39 is 0 Å². The lowest BCUT2D eigenvalue weighted by Gasteiger charge is -2.22. The minimum absolute atomic E-state index is 0.0765. The molecule has 21 heavy (non-hydrogen) atoms. The van der Waals surface area contributed by atoms with Crippen LogP contribution in [0.4, 0.5) is 0 Å². The summed E-state index contributed by atoms with van der Waals surface area (Å²) in [6.07, 6.45) is 1.95. The van der Waals surface area contributed by atoms with Crippen molar-refractivity contribution >= 4 is 0 Å². The molecular weight excluding hydrogens is 260 g/mol. The minimum Gasteiger partial charge on any atom is -0.308 e. The third-order valence-corrected chi connectivity index (χ3v) is 3.79. The fraction of sp³-hybridized carbons (Fsp3) is 0.529. The molecule has 0 bridgehead atoms. The molecule has 0 radical (unpaired) electrons. The molecule has 2 rings (SSSR count). The summed E-state index contributed by atoms with van der Waals surface area (Å²) in [4.78, 5) is 4.44. The minimum atomic E-state index is 0.0765. The summed E-state index contributed by atoms with van der Waals surface area (Å²) >= 11 is 0. The molecule has 0 aromatic carbocycles. The Hall–Kier alpha value is -1.68. The fourth-order valence-corrected chi connectivity index (χ4v) is 2.22. The summed E-state index contributed by atoms with van der Waals surface area (Å²) in [6, 6.07) is 2.11. The quantitative estimate of drug-likeness (QED) is 0.940. The van der Waals surface area contributed by atoms with Crippen LogP contribution in [0.3, 0.4) is 0 Å². The van der Waals surface area contributed by atoms with E-state index in [0.29, 0.717) is 0 Å². The van der Waals surface area contributed by atoms with E-state index in [0.717, 1.165) is 23.6 Å². The Bertz CT molecular complexity index is 648. The van der Waals surface area contributed by atoms with Crippen molar-refractivity contribution in [3.05, 3.63) is 40.5 Å². The number of nitrogens with zero attached hydrogens (tertiary/aromatic N) is 3. The van der Waals surface area contributed by atoms with Crippen LogP contribution in [0.1, 0.15) is 49.0 Å². The van der Waals surface area contributed by atoms with Gasteiger partial charge in [0.1, 0.15) is 0 Å². The number of nitrogens with one attached hydrogen (secondary N) is 1. The van der Waals surface area contributed by atoms with Crippen molar-refractivity contribution in [1.82, 2.24) is 20.1 Å². The van der Waals surface area contributed by atoms with Gasteiger partial charge in [0.2, 0.25) is 0 Å². The van der Waals surface area contributed by atoms with Crippen LogP contribution in [0.15, 0.2) is 12.3 Å². The molecule has 4 nitrogen and oxygen atoms in total. The van der Waals surface area contributed by atoms with E-state index in [1.54, 1.807) is 0 Å². The molecular formula is C17H26N4. The molecule has 0 spiro atoms. The van der Waals surface area contributed by atoms with Crippen molar-refractivity contribution in [1.29, 1.82) is 0 Å². The lowest BCUT2D eigenvalue weighted by atomic mass is 10.1. The van der Waals surface area contributed by atoms with Gasteiger partial charge in [0.25, 0.3) is 0 Å². The van der Waals surface area contributed by atoms with Gasteiger partial charge in [0.05, 0.1) is 11.4 Å². The van der Waals surface area contributed by atoms with Gasteiger partial charge in [-0.15, -0.1) is 0 Å². The van der Waals surface area contributed by atoms with Gasteiger partial charge in [-0.3, -0.25) is 4.98 Å². The van der Waals surface area contributed by atoms with Crippen LogP contribution in [0, 0.1) is 27.7 Å². The maximum atomic E-state index is 4.69. The molecule has 0 aliphatic rings. The summed E-state index contributed by atoms with van der Waals surface area (Å²) in [7, 11) is 0. The van der Waals surface area contributed by atoms with Crippen LogP contribution in [0.25, 0.3) is 5.69 Å². The molecule has 2 heterocycles. The first-order valence-corrected chi connectivity index (χ1v) is 7.43. The monoisotopic (exact) mass is 286 g/mol. The molecule has 0 aliphatic heterocycles. The van der Waals surface area contributed by atoms with E-state index in [4.69, 9.17) is 0 Å². The van der Waals surface area contributed by atoms with Gasteiger partial charge in [-0.2, -0.15) is 5.10 Å². The lowest BCUT2D eigenvalue weighted by Crippen LogP contribution is -2.35. The summed E-state index contributed by atoms with van der Waals surface area (Å²) in [5, 5.41) is 8.21. The van der Waals surface area contributed by atoms with Gasteiger partial charge < -0.3 is 5.32 Å². The van der Waals surface area contributed by atoms with Crippen LogP contribution >= 0.6 is 0 Å². The highest BCUT2D eigenvalue weighted by Crippen LogP contribution is 2.21. The molecule has 0 saturated carbocycles. The van der Waals surface area contributed by atoms with Crippen LogP contribution in [-0.4, -0.2) is 20.3 Å². The largest absolute Gasteiger partial charge is 0.308 e. The number of hydrogen-bond acceptors (Lipinski definition) is 3. The van der Waals surface area contributed by atoms with E-state index in [9.17, 15) is 0 Å². The third-order valence-electron chi connectivity index (χ3n) is 3.79. The fourth-order valence-electron chi connectivity index (χ4n) is 2.22. The van der Waals surface area contributed by atoms with Crippen molar-refractivity contribution in [2.75, 3.05) is 0 Å². The normalized spacial score (nSPS) is 12.0. The molecule has 0 fully saturated rings. The SMILES string of the molecule is Cc1cc(-n2nc(C)c(C)c2C)c(CNC(C)(C)C)cn1. The standard InChI is InChI=1S/C17H26N4/c1-11-8-16(21-14(4)12(2)13(3)20-21)15(9-18-11)10-19-17(5,6)7/h8-9,19H,10H2,1-7H3. The Morgan fingerprint density at radius 2 is 1.81 bits per heavy atom. The maximum absolute atomic E-state index is 4.69. The molecule has 0 amide bonds. The first kappa shape index (κ1) is 15.7. The van der Waals surface area contributed by atoms with Crippen LogP contribution < -0.4 is 5.32 Å².